The molecule has 1 unspecified atom stereocenters. The zero-order valence-electron chi connectivity index (χ0n) is 20.4. The third-order valence-electron chi connectivity index (χ3n) is 6.43. The molecule has 0 bridgehead atoms. The van der Waals surface area contributed by atoms with Crippen molar-refractivity contribution in [3.05, 3.63) is 71.3 Å². The lowest BCUT2D eigenvalue weighted by atomic mass is 10.1. The van der Waals surface area contributed by atoms with Crippen LogP contribution in [0.15, 0.2) is 59.6 Å². The molecule has 6 heteroatoms. The number of hydrogen-bond acceptors (Lipinski definition) is 3. The van der Waals surface area contributed by atoms with Crippen LogP contribution in [-0.2, 0) is 6.54 Å². The van der Waals surface area contributed by atoms with E-state index in [4.69, 9.17) is 0 Å². The molecule has 2 aromatic carbocycles. The Labute approximate surface area is 199 Å². The highest BCUT2D eigenvalue weighted by atomic mass is 16.2. The molecule has 0 radical (unpaired) electrons. The Bertz CT molecular complexity index is 871. The van der Waals surface area contributed by atoms with E-state index >= 15 is 0 Å². The lowest BCUT2D eigenvalue weighted by Gasteiger charge is -2.30. The number of hydrogen-bond donors (Lipinski definition) is 2. The monoisotopic (exact) mass is 449 g/mol. The highest BCUT2D eigenvalue weighted by molar-refractivity contribution is 5.94. The molecule has 1 amide bonds. The van der Waals surface area contributed by atoms with Gasteiger partial charge in [-0.3, -0.25) is 14.7 Å². The quantitative estimate of drug-likeness (QED) is 0.448. The molecular formula is C27H39N5O. The van der Waals surface area contributed by atoms with Crippen LogP contribution in [0.2, 0.25) is 0 Å². The van der Waals surface area contributed by atoms with E-state index in [9.17, 15) is 4.79 Å². The first kappa shape index (κ1) is 24.8. The van der Waals surface area contributed by atoms with E-state index in [1.807, 2.05) is 29.2 Å². The Balaban J connectivity index is 1.54. The number of piperidine rings is 1. The summed E-state index contributed by atoms with van der Waals surface area (Å²) >= 11 is 0. The molecule has 1 fully saturated rings. The third kappa shape index (κ3) is 7.06. The summed E-state index contributed by atoms with van der Waals surface area (Å²) in [5.74, 6) is 0.923. The van der Waals surface area contributed by atoms with Crippen LogP contribution in [0, 0.1) is 0 Å². The van der Waals surface area contributed by atoms with Crippen molar-refractivity contribution in [3.8, 4) is 0 Å². The van der Waals surface area contributed by atoms with Gasteiger partial charge in [0.15, 0.2) is 5.96 Å². The van der Waals surface area contributed by atoms with Crippen LogP contribution >= 0.6 is 0 Å². The van der Waals surface area contributed by atoms with Gasteiger partial charge in [-0.15, -0.1) is 0 Å². The Morgan fingerprint density at radius 1 is 0.970 bits per heavy atom. The maximum absolute atomic E-state index is 12.7. The molecule has 1 saturated heterocycles. The topological polar surface area (TPSA) is 60.0 Å². The minimum absolute atomic E-state index is 0.148. The second-order valence-electron chi connectivity index (χ2n) is 8.50. The van der Waals surface area contributed by atoms with Gasteiger partial charge in [0.05, 0.1) is 6.04 Å². The molecule has 178 valence electrons. The zero-order valence-corrected chi connectivity index (χ0v) is 20.4. The maximum atomic E-state index is 12.7. The van der Waals surface area contributed by atoms with E-state index in [1.54, 1.807) is 7.05 Å². The summed E-state index contributed by atoms with van der Waals surface area (Å²) in [5, 5.41) is 6.90. The molecule has 2 aromatic rings. The summed E-state index contributed by atoms with van der Waals surface area (Å²) in [6.45, 7) is 9.56. The van der Waals surface area contributed by atoms with Crippen molar-refractivity contribution >= 4 is 11.9 Å². The molecule has 3 rings (SSSR count). The Morgan fingerprint density at radius 2 is 1.64 bits per heavy atom. The number of likely N-dealkylation sites (N-methyl/N-ethyl adjacent to an activating group) is 1. The fourth-order valence-electron chi connectivity index (χ4n) is 4.44. The van der Waals surface area contributed by atoms with Gasteiger partial charge in [-0.25, -0.2) is 0 Å². The predicted octanol–water partition coefficient (Wildman–Crippen LogP) is 4.06. The Hall–Kier alpha value is -2.86. The molecule has 0 aliphatic carbocycles. The highest BCUT2D eigenvalue weighted by Crippen LogP contribution is 2.19. The summed E-state index contributed by atoms with van der Waals surface area (Å²) in [4.78, 5) is 21.5. The van der Waals surface area contributed by atoms with Crippen LogP contribution in [0.3, 0.4) is 0 Å². The average Bonchev–Trinajstić information content (AvgIpc) is 2.89. The summed E-state index contributed by atoms with van der Waals surface area (Å²) in [5.41, 5.74) is 3.20. The van der Waals surface area contributed by atoms with Gasteiger partial charge in [-0.2, -0.15) is 0 Å². The van der Waals surface area contributed by atoms with Crippen LogP contribution in [0.4, 0.5) is 0 Å². The van der Waals surface area contributed by atoms with E-state index in [2.05, 4.69) is 64.7 Å². The van der Waals surface area contributed by atoms with Crippen LogP contribution in [-0.4, -0.2) is 61.4 Å². The second kappa shape index (κ2) is 13.0. The summed E-state index contributed by atoms with van der Waals surface area (Å²) in [6, 6.07) is 18.8. The SMILES string of the molecule is CCN(CC)C(CNC(=NC)NCc1ccc(C(=O)N2CCCCC2)cc1)c1ccccc1. The Morgan fingerprint density at radius 3 is 2.24 bits per heavy atom. The van der Waals surface area contributed by atoms with Gasteiger partial charge >= 0.3 is 0 Å². The van der Waals surface area contributed by atoms with Crippen molar-refractivity contribution in [3.63, 3.8) is 0 Å². The maximum Gasteiger partial charge on any atom is 0.253 e. The van der Waals surface area contributed by atoms with Gasteiger partial charge in [-0.05, 0) is 55.6 Å². The number of amides is 1. The minimum atomic E-state index is 0.148. The zero-order chi connectivity index (χ0) is 23.5. The molecule has 1 heterocycles. The van der Waals surface area contributed by atoms with E-state index in [0.29, 0.717) is 6.54 Å². The number of rotatable bonds is 9. The number of carbonyl (C=O) groups is 1. The molecule has 6 nitrogen and oxygen atoms in total. The smallest absolute Gasteiger partial charge is 0.253 e. The average molecular weight is 450 g/mol. The van der Waals surface area contributed by atoms with Crippen LogP contribution in [0.5, 0.6) is 0 Å². The second-order valence-corrected chi connectivity index (χ2v) is 8.50. The van der Waals surface area contributed by atoms with Gasteiger partial charge < -0.3 is 15.5 Å². The molecule has 1 atom stereocenters. The predicted molar refractivity (Wildman–Crippen MR) is 137 cm³/mol. The lowest BCUT2D eigenvalue weighted by Crippen LogP contribution is -2.43. The van der Waals surface area contributed by atoms with E-state index in [-0.39, 0.29) is 11.9 Å². The molecule has 2 N–H and O–H groups in total. The van der Waals surface area contributed by atoms with Crippen LogP contribution in [0.1, 0.15) is 60.6 Å². The molecule has 0 aromatic heterocycles. The fraction of sp³-hybridized carbons (Fsp3) is 0.481. The van der Waals surface area contributed by atoms with Crippen molar-refractivity contribution in [1.82, 2.24) is 20.4 Å². The first-order chi connectivity index (χ1) is 16.2. The summed E-state index contributed by atoms with van der Waals surface area (Å²) in [7, 11) is 1.80. The first-order valence-corrected chi connectivity index (χ1v) is 12.3. The van der Waals surface area contributed by atoms with Crippen LogP contribution in [0.25, 0.3) is 0 Å². The van der Waals surface area contributed by atoms with Crippen molar-refractivity contribution < 1.29 is 4.79 Å². The van der Waals surface area contributed by atoms with Gasteiger partial charge in [0.25, 0.3) is 5.91 Å². The number of guanidine groups is 1. The van der Waals surface area contributed by atoms with Gasteiger partial charge in [0.1, 0.15) is 0 Å². The number of carbonyl (C=O) groups excluding carboxylic acids is 1. The third-order valence-corrected chi connectivity index (χ3v) is 6.43. The highest BCUT2D eigenvalue weighted by Gasteiger charge is 2.19. The molecule has 1 aliphatic rings. The van der Waals surface area contributed by atoms with Crippen molar-refractivity contribution in [1.29, 1.82) is 0 Å². The van der Waals surface area contributed by atoms with Gasteiger partial charge in [0.2, 0.25) is 0 Å². The van der Waals surface area contributed by atoms with Crippen LogP contribution < -0.4 is 10.6 Å². The van der Waals surface area contributed by atoms with Crippen molar-refractivity contribution in [2.24, 2.45) is 4.99 Å². The lowest BCUT2D eigenvalue weighted by molar-refractivity contribution is 0.0724. The summed E-state index contributed by atoms with van der Waals surface area (Å²) < 4.78 is 0. The number of aliphatic imine (C=N–C) groups is 1. The number of benzene rings is 2. The Kier molecular flexibility index (Phi) is 9.76. The molecule has 33 heavy (non-hydrogen) atoms. The van der Waals surface area contributed by atoms with Crippen molar-refractivity contribution in [2.45, 2.75) is 45.7 Å². The standard InChI is InChI=1S/C27H39N5O/c1-4-31(5-2)25(23-12-8-6-9-13-23)21-30-27(28-3)29-20-22-14-16-24(17-15-22)26(33)32-18-10-7-11-19-32/h6,8-9,12-17,25H,4-5,7,10-11,18-21H2,1-3H3,(H2,28,29,30). The fourth-order valence-corrected chi connectivity index (χ4v) is 4.44. The van der Waals surface area contributed by atoms with E-state index in [0.717, 1.165) is 62.7 Å². The van der Waals surface area contributed by atoms with Crippen molar-refractivity contribution in [2.75, 3.05) is 39.8 Å². The minimum Gasteiger partial charge on any atom is -0.354 e. The molecule has 1 aliphatic heterocycles. The largest absolute Gasteiger partial charge is 0.354 e. The molecule has 0 spiro atoms. The number of nitrogens with zero attached hydrogens (tertiary/aromatic N) is 3. The number of likely N-dealkylation sites (tertiary alicyclic amines) is 1. The van der Waals surface area contributed by atoms with Gasteiger partial charge in [-0.1, -0.05) is 56.3 Å². The molecular weight excluding hydrogens is 410 g/mol. The normalized spacial score (nSPS) is 15.4. The first-order valence-electron chi connectivity index (χ1n) is 12.3. The summed E-state index contributed by atoms with van der Waals surface area (Å²) in [6.07, 6.45) is 3.45. The van der Waals surface area contributed by atoms with E-state index < -0.39 is 0 Å². The molecule has 0 saturated carbocycles. The number of nitrogens with one attached hydrogen (secondary N) is 2. The van der Waals surface area contributed by atoms with Gasteiger partial charge in [0, 0.05) is 38.8 Å². The van der Waals surface area contributed by atoms with E-state index in [1.165, 1.54) is 12.0 Å².